The summed E-state index contributed by atoms with van der Waals surface area (Å²) in [4.78, 5) is 15.5. The molecule has 0 spiro atoms. The van der Waals surface area contributed by atoms with Crippen LogP contribution in [0.15, 0.2) is 22.7 Å². The van der Waals surface area contributed by atoms with Crippen molar-refractivity contribution in [2.24, 2.45) is 0 Å². The van der Waals surface area contributed by atoms with E-state index < -0.39 is 0 Å². The molecule has 1 aliphatic rings. The van der Waals surface area contributed by atoms with Gasteiger partial charge in [-0.05, 0) is 43.5 Å². The normalized spacial score (nSPS) is 18.6. The van der Waals surface area contributed by atoms with Crippen LogP contribution in [0.4, 0.5) is 0 Å². The van der Waals surface area contributed by atoms with Gasteiger partial charge in [0.2, 0.25) is 0 Å². The minimum atomic E-state index is -0.0645. The van der Waals surface area contributed by atoms with E-state index >= 15 is 0 Å². The predicted octanol–water partition coefficient (Wildman–Crippen LogP) is 3.15. The van der Waals surface area contributed by atoms with E-state index in [1.54, 1.807) is 0 Å². The van der Waals surface area contributed by atoms with Gasteiger partial charge in [-0.2, -0.15) is 0 Å². The first-order valence-corrected chi connectivity index (χ1v) is 7.62. The number of ether oxygens (including phenoxy) is 1. The molecule has 0 radical (unpaired) electrons. The first kappa shape index (κ1) is 13.6. The zero-order chi connectivity index (χ0) is 14.1. The van der Waals surface area contributed by atoms with Crippen LogP contribution in [-0.4, -0.2) is 30.1 Å². The Kier molecular flexibility index (Phi) is 3.81. The van der Waals surface area contributed by atoms with Gasteiger partial charge in [0, 0.05) is 28.5 Å². The molecule has 3 rings (SSSR count). The van der Waals surface area contributed by atoms with Crippen molar-refractivity contribution in [3.63, 3.8) is 0 Å². The Balaban J connectivity index is 1.78. The summed E-state index contributed by atoms with van der Waals surface area (Å²) in [6, 6.07) is 5.97. The third-order valence-electron chi connectivity index (χ3n) is 3.76. The average molecular weight is 337 g/mol. The summed E-state index contributed by atoms with van der Waals surface area (Å²) in [5.41, 5.74) is 2.59. The number of nitrogens with one attached hydrogen (secondary N) is 2. The number of aryl methyl sites for hydroxylation is 1. The van der Waals surface area contributed by atoms with E-state index in [0.29, 0.717) is 12.2 Å². The lowest BCUT2D eigenvalue weighted by Gasteiger charge is -2.10. The highest BCUT2D eigenvalue weighted by molar-refractivity contribution is 9.10. The molecule has 2 aromatic rings. The molecule has 1 aromatic carbocycles. The molecule has 1 aliphatic heterocycles. The number of rotatable bonds is 3. The van der Waals surface area contributed by atoms with Crippen molar-refractivity contribution in [3.8, 4) is 0 Å². The van der Waals surface area contributed by atoms with Gasteiger partial charge in [0.1, 0.15) is 5.69 Å². The van der Waals surface area contributed by atoms with E-state index in [-0.39, 0.29) is 12.0 Å². The number of benzene rings is 1. The lowest BCUT2D eigenvalue weighted by atomic mass is 10.1. The Labute approximate surface area is 126 Å². The van der Waals surface area contributed by atoms with Gasteiger partial charge in [0.15, 0.2) is 0 Å². The molecule has 1 amide bonds. The highest BCUT2D eigenvalue weighted by Crippen LogP contribution is 2.25. The van der Waals surface area contributed by atoms with Crippen LogP contribution in [0, 0.1) is 6.92 Å². The van der Waals surface area contributed by atoms with Crippen molar-refractivity contribution in [2.75, 3.05) is 13.2 Å². The standard InChI is InChI=1S/C15H17BrN2O2/c1-9-12-7-10(16)4-5-13(12)18-14(9)15(19)17-8-11-3-2-6-20-11/h4-5,7,11,18H,2-3,6,8H2,1H3,(H,17,19)/t11-/m1/s1. The highest BCUT2D eigenvalue weighted by atomic mass is 79.9. The topological polar surface area (TPSA) is 54.1 Å². The smallest absolute Gasteiger partial charge is 0.268 e. The molecule has 4 nitrogen and oxygen atoms in total. The molecule has 20 heavy (non-hydrogen) atoms. The van der Waals surface area contributed by atoms with Gasteiger partial charge in [-0.25, -0.2) is 0 Å². The van der Waals surface area contributed by atoms with Crippen LogP contribution < -0.4 is 5.32 Å². The maximum absolute atomic E-state index is 12.3. The second-order valence-electron chi connectivity index (χ2n) is 5.16. The molecular weight excluding hydrogens is 320 g/mol. The molecule has 0 aliphatic carbocycles. The Morgan fingerprint density at radius 2 is 2.40 bits per heavy atom. The van der Waals surface area contributed by atoms with Crippen molar-refractivity contribution in [1.82, 2.24) is 10.3 Å². The van der Waals surface area contributed by atoms with Crippen LogP contribution in [0.3, 0.4) is 0 Å². The highest BCUT2D eigenvalue weighted by Gasteiger charge is 2.19. The predicted molar refractivity (Wildman–Crippen MR) is 82.0 cm³/mol. The third-order valence-corrected chi connectivity index (χ3v) is 4.25. The summed E-state index contributed by atoms with van der Waals surface area (Å²) < 4.78 is 6.53. The molecule has 1 saturated heterocycles. The summed E-state index contributed by atoms with van der Waals surface area (Å²) >= 11 is 3.46. The fourth-order valence-corrected chi connectivity index (χ4v) is 2.99. The van der Waals surface area contributed by atoms with E-state index in [1.165, 1.54) is 0 Å². The maximum Gasteiger partial charge on any atom is 0.268 e. The minimum absolute atomic E-state index is 0.0645. The number of H-pyrrole nitrogens is 1. The fraction of sp³-hybridized carbons (Fsp3) is 0.400. The van der Waals surface area contributed by atoms with Crippen molar-refractivity contribution in [3.05, 3.63) is 33.9 Å². The first-order valence-electron chi connectivity index (χ1n) is 6.83. The van der Waals surface area contributed by atoms with Crippen LogP contribution in [0.25, 0.3) is 10.9 Å². The number of carbonyl (C=O) groups excluding carboxylic acids is 1. The van der Waals surface area contributed by atoms with Crippen LogP contribution in [0.2, 0.25) is 0 Å². The minimum Gasteiger partial charge on any atom is -0.376 e. The summed E-state index contributed by atoms with van der Waals surface area (Å²) in [7, 11) is 0. The lowest BCUT2D eigenvalue weighted by Crippen LogP contribution is -2.32. The van der Waals surface area contributed by atoms with Gasteiger partial charge in [-0.15, -0.1) is 0 Å². The van der Waals surface area contributed by atoms with Gasteiger partial charge in [-0.1, -0.05) is 15.9 Å². The number of hydrogen-bond acceptors (Lipinski definition) is 2. The van der Waals surface area contributed by atoms with Crippen molar-refractivity contribution in [1.29, 1.82) is 0 Å². The summed E-state index contributed by atoms with van der Waals surface area (Å²) in [6.07, 6.45) is 2.27. The van der Waals surface area contributed by atoms with Crippen molar-refractivity contribution in [2.45, 2.75) is 25.9 Å². The largest absolute Gasteiger partial charge is 0.376 e. The lowest BCUT2D eigenvalue weighted by molar-refractivity contribution is 0.0854. The molecule has 5 heteroatoms. The molecular formula is C15H17BrN2O2. The van der Waals surface area contributed by atoms with Gasteiger partial charge in [0.25, 0.3) is 5.91 Å². The number of carbonyl (C=O) groups is 1. The molecule has 2 heterocycles. The zero-order valence-electron chi connectivity index (χ0n) is 11.3. The molecule has 1 aromatic heterocycles. The van der Waals surface area contributed by atoms with E-state index in [1.807, 2.05) is 25.1 Å². The van der Waals surface area contributed by atoms with E-state index in [0.717, 1.165) is 40.4 Å². The Morgan fingerprint density at radius 3 is 3.15 bits per heavy atom. The van der Waals surface area contributed by atoms with Crippen LogP contribution in [0.5, 0.6) is 0 Å². The number of halogens is 1. The number of fused-ring (bicyclic) bond motifs is 1. The summed E-state index contributed by atoms with van der Waals surface area (Å²) in [5.74, 6) is -0.0645. The third kappa shape index (κ3) is 2.60. The SMILES string of the molecule is Cc1c(C(=O)NC[C@H]2CCCO2)[nH]c2ccc(Br)cc12. The maximum atomic E-state index is 12.3. The van der Waals surface area contributed by atoms with Gasteiger partial charge in [-0.3, -0.25) is 4.79 Å². The van der Waals surface area contributed by atoms with E-state index in [2.05, 4.69) is 26.2 Å². The second kappa shape index (κ2) is 5.58. The van der Waals surface area contributed by atoms with Gasteiger partial charge >= 0.3 is 0 Å². The van der Waals surface area contributed by atoms with Crippen LogP contribution >= 0.6 is 15.9 Å². The van der Waals surface area contributed by atoms with Crippen molar-refractivity contribution >= 4 is 32.7 Å². The molecule has 0 saturated carbocycles. The molecule has 1 atom stereocenters. The number of amides is 1. The molecule has 106 valence electrons. The molecule has 0 bridgehead atoms. The van der Waals surface area contributed by atoms with Crippen LogP contribution in [-0.2, 0) is 4.74 Å². The number of hydrogen-bond donors (Lipinski definition) is 2. The van der Waals surface area contributed by atoms with Gasteiger partial charge in [0.05, 0.1) is 6.10 Å². The monoisotopic (exact) mass is 336 g/mol. The van der Waals surface area contributed by atoms with Crippen LogP contribution in [0.1, 0.15) is 28.9 Å². The summed E-state index contributed by atoms with van der Waals surface area (Å²) in [6.45, 7) is 3.35. The van der Waals surface area contributed by atoms with E-state index in [9.17, 15) is 4.79 Å². The number of aromatic nitrogens is 1. The number of aromatic amines is 1. The Hall–Kier alpha value is -1.33. The fourth-order valence-electron chi connectivity index (χ4n) is 2.63. The molecule has 0 unspecified atom stereocenters. The average Bonchev–Trinajstić information content (AvgIpc) is 3.05. The molecule has 2 N–H and O–H groups in total. The molecule has 1 fully saturated rings. The van der Waals surface area contributed by atoms with E-state index in [4.69, 9.17) is 4.74 Å². The Morgan fingerprint density at radius 1 is 1.55 bits per heavy atom. The van der Waals surface area contributed by atoms with Crippen molar-refractivity contribution < 1.29 is 9.53 Å². The second-order valence-corrected chi connectivity index (χ2v) is 6.08. The zero-order valence-corrected chi connectivity index (χ0v) is 12.9. The first-order chi connectivity index (χ1) is 9.65. The summed E-state index contributed by atoms with van der Waals surface area (Å²) in [5, 5.41) is 4.02. The Bertz CT molecular complexity index is 645. The van der Waals surface area contributed by atoms with Gasteiger partial charge < -0.3 is 15.0 Å². The quantitative estimate of drug-likeness (QED) is 0.904.